The summed E-state index contributed by atoms with van der Waals surface area (Å²) in [6, 6.07) is 0.673. The highest BCUT2D eigenvalue weighted by Crippen LogP contribution is 2.34. The third-order valence-corrected chi connectivity index (χ3v) is 4.69. The fourth-order valence-corrected chi connectivity index (χ4v) is 3.69. The predicted molar refractivity (Wildman–Crippen MR) is 82.3 cm³/mol. The van der Waals surface area contributed by atoms with E-state index >= 15 is 0 Å². The second-order valence-corrected chi connectivity index (χ2v) is 6.35. The van der Waals surface area contributed by atoms with Crippen molar-refractivity contribution in [2.24, 2.45) is 17.8 Å². The molecular weight excluding hydrogens is 236 g/mol. The molecule has 3 heteroatoms. The van der Waals surface area contributed by atoms with Crippen LogP contribution in [-0.4, -0.2) is 48.8 Å². The van der Waals surface area contributed by atoms with E-state index in [0.717, 1.165) is 43.8 Å². The molecule has 1 saturated carbocycles. The van der Waals surface area contributed by atoms with Crippen molar-refractivity contribution >= 4 is 0 Å². The van der Waals surface area contributed by atoms with Crippen LogP contribution in [0.15, 0.2) is 0 Å². The van der Waals surface area contributed by atoms with E-state index in [-0.39, 0.29) is 0 Å². The van der Waals surface area contributed by atoms with Gasteiger partial charge in [-0.2, -0.15) is 0 Å². The van der Waals surface area contributed by atoms with Gasteiger partial charge in [0.05, 0.1) is 0 Å². The minimum atomic E-state index is 0.310. The average Bonchev–Trinajstić information content (AvgIpc) is 2.37. The zero-order valence-corrected chi connectivity index (χ0v) is 13.4. The summed E-state index contributed by atoms with van der Waals surface area (Å²) in [4.78, 5) is 2.51. The van der Waals surface area contributed by atoms with Gasteiger partial charge in [0.1, 0.15) is 0 Å². The van der Waals surface area contributed by atoms with Gasteiger partial charge in [-0.25, -0.2) is 0 Å². The number of hydrogen-bond donors (Lipinski definition) is 2. The van der Waals surface area contributed by atoms with Crippen molar-refractivity contribution in [3.8, 4) is 0 Å². The van der Waals surface area contributed by atoms with Crippen molar-refractivity contribution in [1.82, 2.24) is 10.2 Å². The summed E-state index contributed by atoms with van der Waals surface area (Å²) in [6.45, 7) is 13.9. The first-order chi connectivity index (χ1) is 9.12. The third kappa shape index (κ3) is 5.41. The van der Waals surface area contributed by atoms with Gasteiger partial charge in [0.25, 0.3) is 0 Å². The molecule has 1 aliphatic carbocycles. The quantitative estimate of drug-likeness (QED) is 0.711. The van der Waals surface area contributed by atoms with Gasteiger partial charge in [0, 0.05) is 25.7 Å². The molecular formula is C16H34N2O. The van der Waals surface area contributed by atoms with E-state index in [0.29, 0.717) is 12.6 Å². The summed E-state index contributed by atoms with van der Waals surface area (Å²) in [5, 5.41) is 12.7. The Morgan fingerprint density at radius 1 is 1.21 bits per heavy atom. The van der Waals surface area contributed by atoms with E-state index < -0.39 is 0 Å². The Hall–Kier alpha value is -0.120. The van der Waals surface area contributed by atoms with Crippen molar-refractivity contribution in [2.45, 2.75) is 53.0 Å². The molecule has 0 saturated heterocycles. The molecule has 4 atom stereocenters. The minimum Gasteiger partial charge on any atom is -0.396 e. The van der Waals surface area contributed by atoms with Crippen LogP contribution in [0.2, 0.25) is 0 Å². The van der Waals surface area contributed by atoms with E-state index in [2.05, 4.69) is 37.9 Å². The molecule has 0 aliphatic heterocycles. The lowest BCUT2D eigenvalue weighted by Gasteiger charge is -2.42. The molecule has 0 bridgehead atoms. The molecule has 1 aliphatic rings. The maximum atomic E-state index is 9.00. The molecule has 0 amide bonds. The van der Waals surface area contributed by atoms with Crippen molar-refractivity contribution < 1.29 is 5.11 Å². The predicted octanol–water partition coefficient (Wildman–Crippen LogP) is 2.35. The number of aliphatic hydroxyl groups is 1. The smallest absolute Gasteiger partial charge is 0.0443 e. The number of rotatable bonds is 8. The van der Waals surface area contributed by atoms with E-state index in [9.17, 15) is 0 Å². The van der Waals surface area contributed by atoms with Gasteiger partial charge in [0.2, 0.25) is 0 Å². The summed E-state index contributed by atoms with van der Waals surface area (Å²) in [6.07, 6.45) is 3.59. The van der Waals surface area contributed by atoms with Gasteiger partial charge >= 0.3 is 0 Å². The van der Waals surface area contributed by atoms with E-state index in [1.54, 1.807) is 0 Å². The van der Waals surface area contributed by atoms with Gasteiger partial charge < -0.3 is 15.3 Å². The SMILES string of the molecule is CCNC1CC(C)CC(C)C1CN(CC)CCCO. The first-order valence-corrected chi connectivity index (χ1v) is 8.18. The van der Waals surface area contributed by atoms with E-state index in [1.807, 2.05) is 0 Å². The highest BCUT2D eigenvalue weighted by molar-refractivity contribution is 4.89. The Bertz CT molecular complexity index is 235. The van der Waals surface area contributed by atoms with Crippen molar-refractivity contribution in [1.29, 1.82) is 0 Å². The fourth-order valence-electron chi connectivity index (χ4n) is 3.69. The topological polar surface area (TPSA) is 35.5 Å². The summed E-state index contributed by atoms with van der Waals surface area (Å²) in [5.74, 6) is 2.41. The molecule has 0 spiro atoms. The summed E-state index contributed by atoms with van der Waals surface area (Å²) in [5.41, 5.74) is 0. The van der Waals surface area contributed by atoms with Crippen LogP contribution in [-0.2, 0) is 0 Å². The van der Waals surface area contributed by atoms with E-state index in [1.165, 1.54) is 19.4 Å². The average molecular weight is 270 g/mol. The van der Waals surface area contributed by atoms with Crippen LogP contribution in [0, 0.1) is 17.8 Å². The zero-order chi connectivity index (χ0) is 14.3. The van der Waals surface area contributed by atoms with Crippen LogP contribution >= 0.6 is 0 Å². The second kappa shape index (κ2) is 8.93. The highest BCUT2D eigenvalue weighted by atomic mass is 16.3. The van der Waals surface area contributed by atoms with Gasteiger partial charge in [0.15, 0.2) is 0 Å². The normalized spacial score (nSPS) is 31.9. The van der Waals surface area contributed by atoms with Gasteiger partial charge in [-0.1, -0.05) is 27.7 Å². The maximum Gasteiger partial charge on any atom is 0.0443 e. The Balaban J connectivity index is 2.58. The Morgan fingerprint density at radius 2 is 1.95 bits per heavy atom. The second-order valence-electron chi connectivity index (χ2n) is 6.35. The lowest BCUT2D eigenvalue weighted by Crippen LogP contribution is -2.49. The van der Waals surface area contributed by atoms with Crippen LogP contribution in [0.3, 0.4) is 0 Å². The van der Waals surface area contributed by atoms with Crippen molar-refractivity contribution in [3.05, 3.63) is 0 Å². The first-order valence-electron chi connectivity index (χ1n) is 8.18. The van der Waals surface area contributed by atoms with Crippen molar-refractivity contribution in [3.63, 3.8) is 0 Å². The number of aliphatic hydroxyl groups excluding tert-OH is 1. The molecule has 114 valence electrons. The van der Waals surface area contributed by atoms with E-state index in [4.69, 9.17) is 5.11 Å². The Labute approximate surface area is 119 Å². The lowest BCUT2D eigenvalue weighted by molar-refractivity contribution is 0.100. The molecule has 0 heterocycles. The molecule has 19 heavy (non-hydrogen) atoms. The zero-order valence-electron chi connectivity index (χ0n) is 13.4. The maximum absolute atomic E-state index is 9.00. The monoisotopic (exact) mass is 270 g/mol. The van der Waals surface area contributed by atoms with Crippen LogP contribution in [0.5, 0.6) is 0 Å². The molecule has 0 aromatic rings. The van der Waals surface area contributed by atoms with Gasteiger partial charge in [-0.15, -0.1) is 0 Å². The van der Waals surface area contributed by atoms with Gasteiger partial charge in [-0.3, -0.25) is 0 Å². The Kier molecular flexibility index (Phi) is 7.96. The molecule has 2 N–H and O–H groups in total. The largest absolute Gasteiger partial charge is 0.396 e. The highest BCUT2D eigenvalue weighted by Gasteiger charge is 2.34. The molecule has 0 aromatic heterocycles. The van der Waals surface area contributed by atoms with Gasteiger partial charge in [-0.05, 0) is 50.1 Å². The van der Waals surface area contributed by atoms with Crippen LogP contribution in [0.25, 0.3) is 0 Å². The third-order valence-electron chi connectivity index (χ3n) is 4.69. The number of nitrogens with zero attached hydrogens (tertiary/aromatic N) is 1. The van der Waals surface area contributed by atoms with Crippen LogP contribution < -0.4 is 5.32 Å². The van der Waals surface area contributed by atoms with Crippen LogP contribution in [0.4, 0.5) is 0 Å². The minimum absolute atomic E-state index is 0.310. The summed E-state index contributed by atoms with van der Waals surface area (Å²) >= 11 is 0. The molecule has 4 unspecified atom stereocenters. The molecule has 0 aromatic carbocycles. The van der Waals surface area contributed by atoms with Crippen LogP contribution in [0.1, 0.15) is 47.0 Å². The number of hydrogen-bond acceptors (Lipinski definition) is 3. The number of nitrogens with one attached hydrogen (secondary N) is 1. The molecule has 1 rings (SSSR count). The summed E-state index contributed by atoms with van der Waals surface area (Å²) < 4.78 is 0. The molecule has 0 radical (unpaired) electrons. The molecule has 3 nitrogen and oxygen atoms in total. The lowest BCUT2D eigenvalue weighted by atomic mass is 9.72. The van der Waals surface area contributed by atoms with Crippen molar-refractivity contribution in [2.75, 3.05) is 32.8 Å². The first kappa shape index (κ1) is 16.9. The summed E-state index contributed by atoms with van der Waals surface area (Å²) in [7, 11) is 0. The Morgan fingerprint density at radius 3 is 2.53 bits per heavy atom. The standard InChI is InChI=1S/C16H34N2O/c1-5-17-16-11-13(3)10-14(4)15(16)12-18(6-2)8-7-9-19/h13-17,19H,5-12H2,1-4H3. The fraction of sp³-hybridized carbons (Fsp3) is 1.00. The molecule has 1 fully saturated rings.